The van der Waals surface area contributed by atoms with E-state index in [9.17, 15) is 4.79 Å². The number of nitrogens with zero attached hydrogens (tertiary/aromatic N) is 3. The van der Waals surface area contributed by atoms with Gasteiger partial charge in [-0.1, -0.05) is 29.5 Å². The summed E-state index contributed by atoms with van der Waals surface area (Å²) in [7, 11) is 0. The van der Waals surface area contributed by atoms with Crippen molar-refractivity contribution in [2.45, 2.75) is 63.4 Å². The normalized spacial score (nSPS) is 15.7. The molecular weight excluding hydrogens is 306 g/mol. The Morgan fingerprint density at radius 3 is 2.74 bits per heavy atom. The molecule has 2 aromatic rings. The highest BCUT2D eigenvalue weighted by atomic mass is 32.2. The van der Waals surface area contributed by atoms with Gasteiger partial charge in [0.1, 0.15) is 5.82 Å². The zero-order valence-corrected chi connectivity index (χ0v) is 15.0. The van der Waals surface area contributed by atoms with E-state index >= 15 is 0 Å². The van der Waals surface area contributed by atoms with Crippen LogP contribution in [-0.4, -0.2) is 25.8 Å². The molecule has 1 aliphatic carbocycles. The number of aromatic nitrogens is 3. The third-order valence-corrected chi connectivity index (χ3v) is 5.39. The van der Waals surface area contributed by atoms with Gasteiger partial charge in [-0.2, -0.15) is 0 Å². The summed E-state index contributed by atoms with van der Waals surface area (Å²) in [5.41, 5.74) is 2.96. The average molecular weight is 329 g/mol. The molecule has 4 nitrogen and oxygen atoms in total. The maximum atomic E-state index is 12.8. The van der Waals surface area contributed by atoms with E-state index in [-0.39, 0.29) is 11.0 Å². The Hall–Kier alpha value is -1.62. The van der Waals surface area contributed by atoms with Crippen molar-refractivity contribution >= 4 is 17.5 Å². The van der Waals surface area contributed by atoms with Gasteiger partial charge in [-0.15, -0.1) is 10.2 Å². The van der Waals surface area contributed by atoms with Crippen LogP contribution in [-0.2, 0) is 6.54 Å². The predicted molar refractivity (Wildman–Crippen MR) is 93.2 cm³/mol. The molecule has 1 aromatic heterocycles. The average Bonchev–Trinajstić information content (AvgIpc) is 3.30. The summed E-state index contributed by atoms with van der Waals surface area (Å²) in [5, 5.41) is 9.37. The van der Waals surface area contributed by atoms with Crippen LogP contribution < -0.4 is 0 Å². The molecule has 0 amide bonds. The number of carbonyl (C=O) groups is 1. The fourth-order valence-electron chi connectivity index (χ4n) is 2.76. The van der Waals surface area contributed by atoms with E-state index in [1.807, 2.05) is 39.0 Å². The number of hydrogen-bond acceptors (Lipinski definition) is 4. The van der Waals surface area contributed by atoms with Crippen LogP contribution in [0.15, 0.2) is 23.4 Å². The molecule has 23 heavy (non-hydrogen) atoms. The Morgan fingerprint density at radius 1 is 1.35 bits per heavy atom. The van der Waals surface area contributed by atoms with Crippen LogP contribution in [0.2, 0.25) is 0 Å². The van der Waals surface area contributed by atoms with E-state index in [1.54, 1.807) is 0 Å². The first-order valence-electron chi connectivity index (χ1n) is 8.22. The lowest BCUT2D eigenvalue weighted by Gasteiger charge is -2.13. The maximum Gasteiger partial charge on any atom is 0.191 e. The lowest BCUT2D eigenvalue weighted by Crippen LogP contribution is -2.16. The molecule has 0 radical (unpaired) electrons. The molecule has 1 saturated carbocycles. The number of hydrogen-bond donors (Lipinski definition) is 0. The predicted octanol–water partition coefficient (Wildman–Crippen LogP) is 4.16. The molecule has 1 aliphatic rings. The molecule has 0 spiro atoms. The molecular formula is C18H23N3OS. The topological polar surface area (TPSA) is 47.8 Å². The molecule has 0 aliphatic heterocycles. The Labute approximate surface area is 141 Å². The van der Waals surface area contributed by atoms with Crippen molar-refractivity contribution in [2.75, 3.05) is 0 Å². The minimum absolute atomic E-state index is 0.162. The second-order valence-corrected chi connectivity index (χ2v) is 7.61. The highest BCUT2D eigenvalue weighted by Crippen LogP contribution is 2.40. The first-order valence-corrected chi connectivity index (χ1v) is 9.10. The molecule has 1 fully saturated rings. The standard InChI is InChI=1S/C18H23N3OS/c1-5-21-17(14-8-9-14)19-20-18(21)23-13(4)16(22)15-10-11(2)6-7-12(15)3/h6-7,10,13-14H,5,8-9H2,1-4H3/t13-/m0/s1. The number of carbonyl (C=O) groups excluding carboxylic acids is 1. The van der Waals surface area contributed by atoms with Gasteiger partial charge >= 0.3 is 0 Å². The van der Waals surface area contributed by atoms with Gasteiger partial charge in [-0.05, 0) is 52.2 Å². The van der Waals surface area contributed by atoms with E-state index in [0.29, 0.717) is 5.92 Å². The molecule has 0 saturated heterocycles. The zero-order valence-electron chi connectivity index (χ0n) is 14.2. The van der Waals surface area contributed by atoms with Crippen LogP contribution in [0.5, 0.6) is 0 Å². The summed E-state index contributed by atoms with van der Waals surface area (Å²) in [5.74, 6) is 1.82. The highest BCUT2D eigenvalue weighted by molar-refractivity contribution is 8.00. The van der Waals surface area contributed by atoms with E-state index in [1.165, 1.54) is 24.6 Å². The maximum absolute atomic E-state index is 12.8. The van der Waals surface area contributed by atoms with Gasteiger partial charge < -0.3 is 4.57 Å². The second-order valence-electron chi connectivity index (χ2n) is 6.30. The quantitative estimate of drug-likeness (QED) is 0.590. The lowest BCUT2D eigenvalue weighted by molar-refractivity contribution is 0.0993. The Balaban J connectivity index is 1.80. The van der Waals surface area contributed by atoms with Crippen LogP contribution in [0, 0.1) is 13.8 Å². The number of ketones is 1. The SMILES string of the molecule is CCn1c(S[C@@H](C)C(=O)c2cc(C)ccc2C)nnc1C1CC1. The van der Waals surface area contributed by atoms with Crippen LogP contribution in [0.1, 0.15) is 59.9 Å². The van der Waals surface area contributed by atoms with Gasteiger partial charge in [0.05, 0.1) is 5.25 Å². The van der Waals surface area contributed by atoms with E-state index in [2.05, 4.69) is 21.7 Å². The summed E-state index contributed by atoms with van der Waals surface area (Å²) < 4.78 is 2.16. The number of aryl methyl sites for hydroxylation is 2. The molecule has 3 rings (SSSR count). The van der Waals surface area contributed by atoms with Gasteiger partial charge in [0.25, 0.3) is 0 Å². The Kier molecular flexibility index (Phi) is 4.57. The second kappa shape index (κ2) is 6.48. The molecule has 1 aromatic carbocycles. The van der Waals surface area contributed by atoms with Crippen molar-refractivity contribution in [2.24, 2.45) is 0 Å². The fraction of sp³-hybridized carbons (Fsp3) is 0.500. The third kappa shape index (κ3) is 3.34. The smallest absolute Gasteiger partial charge is 0.191 e. The number of thioether (sulfide) groups is 1. The van der Waals surface area contributed by atoms with E-state index in [4.69, 9.17) is 0 Å². The van der Waals surface area contributed by atoms with Crippen LogP contribution >= 0.6 is 11.8 Å². The summed E-state index contributed by atoms with van der Waals surface area (Å²) >= 11 is 1.52. The third-order valence-electron chi connectivity index (χ3n) is 4.31. The number of rotatable bonds is 6. The number of Topliss-reactive ketones (excluding diaryl/α,β-unsaturated/α-hetero) is 1. The van der Waals surface area contributed by atoms with Crippen LogP contribution in [0.4, 0.5) is 0 Å². The van der Waals surface area contributed by atoms with Gasteiger partial charge in [0, 0.05) is 18.0 Å². The molecule has 0 bridgehead atoms. The van der Waals surface area contributed by atoms with Gasteiger partial charge in [-0.3, -0.25) is 4.79 Å². The van der Waals surface area contributed by atoms with Crippen LogP contribution in [0.25, 0.3) is 0 Å². The fourth-order valence-corrected chi connectivity index (χ4v) is 3.75. The zero-order chi connectivity index (χ0) is 16.6. The van der Waals surface area contributed by atoms with Gasteiger partial charge in [-0.25, -0.2) is 0 Å². The van der Waals surface area contributed by atoms with Gasteiger partial charge in [0.2, 0.25) is 0 Å². The van der Waals surface area contributed by atoms with Gasteiger partial charge in [0.15, 0.2) is 10.9 Å². The Bertz CT molecular complexity index is 734. The molecule has 5 heteroatoms. The van der Waals surface area contributed by atoms with Crippen molar-refractivity contribution in [3.05, 3.63) is 40.7 Å². The highest BCUT2D eigenvalue weighted by Gasteiger charge is 2.31. The first-order chi connectivity index (χ1) is 11.0. The monoisotopic (exact) mass is 329 g/mol. The lowest BCUT2D eigenvalue weighted by atomic mass is 10.0. The van der Waals surface area contributed by atoms with Crippen molar-refractivity contribution in [1.29, 1.82) is 0 Å². The van der Waals surface area contributed by atoms with Crippen molar-refractivity contribution in [3.63, 3.8) is 0 Å². The minimum atomic E-state index is -0.169. The largest absolute Gasteiger partial charge is 0.306 e. The summed E-state index contributed by atoms with van der Waals surface area (Å²) in [6.45, 7) is 8.93. The van der Waals surface area contributed by atoms with Crippen molar-refractivity contribution in [3.8, 4) is 0 Å². The molecule has 122 valence electrons. The molecule has 0 N–H and O–H groups in total. The first kappa shape index (κ1) is 16.2. The van der Waals surface area contributed by atoms with Crippen molar-refractivity contribution in [1.82, 2.24) is 14.8 Å². The summed E-state index contributed by atoms with van der Waals surface area (Å²) in [4.78, 5) is 12.8. The molecule has 1 heterocycles. The Morgan fingerprint density at radius 2 is 2.09 bits per heavy atom. The van der Waals surface area contributed by atoms with Crippen LogP contribution in [0.3, 0.4) is 0 Å². The summed E-state index contributed by atoms with van der Waals surface area (Å²) in [6, 6.07) is 6.04. The van der Waals surface area contributed by atoms with E-state index < -0.39 is 0 Å². The molecule has 0 unspecified atom stereocenters. The van der Waals surface area contributed by atoms with Crippen molar-refractivity contribution < 1.29 is 4.79 Å². The minimum Gasteiger partial charge on any atom is -0.306 e. The number of benzene rings is 1. The van der Waals surface area contributed by atoms with E-state index in [0.717, 1.165) is 34.2 Å². The summed E-state index contributed by atoms with van der Waals surface area (Å²) in [6.07, 6.45) is 2.42. The molecule has 1 atom stereocenters.